The Bertz CT molecular complexity index is 253. The second-order valence-electron chi connectivity index (χ2n) is 3.90. The molecule has 0 N–H and O–H groups in total. The molecule has 3 heteroatoms. The van der Waals surface area contributed by atoms with Gasteiger partial charge in [0.05, 0.1) is 20.3 Å². The zero-order valence-electron chi connectivity index (χ0n) is 11.4. The summed E-state index contributed by atoms with van der Waals surface area (Å²) in [5.74, 6) is 0.651. The molecule has 0 unspecified atom stereocenters. The van der Waals surface area contributed by atoms with Crippen LogP contribution in [0.5, 0.6) is 0 Å². The van der Waals surface area contributed by atoms with Crippen LogP contribution in [0.25, 0.3) is 0 Å². The van der Waals surface area contributed by atoms with Gasteiger partial charge in [0, 0.05) is 13.1 Å². The molecule has 0 atom stereocenters. The van der Waals surface area contributed by atoms with E-state index in [1.54, 1.807) is 13.2 Å². The van der Waals surface area contributed by atoms with Crippen LogP contribution in [0, 0.1) is 0 Å². The Morgan fingerprint density at radius 3 is 2.24 bits per heavy atom. The second kappa shape index (κ2) is 10.1. The van der Waals surface area contributed by atoms with Gasteiger partial charge in [0.15, 0.2) is 0 Å². The molecule has 1 saturated heterocycles. The van der Waals surface area contributed by atoms with Crippen molar-refractivity contribution in [3.63, 3.8) is 0 Å². The Kier molecular flexibility index (Phi) is 9.49. The van der Waals surface area contributed by atoms with Gasteiger partial charge < -0.3 is 9.47 Å². The summed E-state index contributed by atoms with van der Waals surface area (Å²) in [4.78, 5) is 2.39. The van der Waals surface area contributed by atoms with Crippen molar-refractivity contribution in [2.75, 3.05) is 40.0 Å². The van der Waals surface area contributed by atoms with Crippen LogP contribution in [-0.2, 0) is 9.47 Å². The van der Waals surface area contributed by atoms with E-state index in [1.165, 1.54) is 6.54 Å². The third-order valence-corrected chi connectivity index (χ3v) is 2.37. The van der Waals surface area contributed by atoms with Crippen LogP contribution in [-0.4, -0.2) is 44.9 Å². The fraction of sp³-hybridized carbons (Fsp3) is 0.571. The molecule has 1 aliphatic heterocycles. The number of allylic oxidation sites excluding steroid dienone is 3. The molecule has 3 nitrogen and oxygen atoms in total. The number of hydrogen-bond donors (Lipinski definition) is 0. The lowest BCUT2D eigenvalue weighted by atomic mass is 10.3. The molecule has 0 amide bonds. The molecule has 98 valence electrons. The maximum absolute atomic E-state index is 5.16. The minimum atomic E-state index is 0.651. The molecule has 1 fully saturated rings. The summed E-state index contributed by atoms with van der Waals surface area (Å²) in [6.07, 6.45) is 3.63. The summed E-state index contributed by atoms with van der Waals surface area (Å²) in [5.41, 5.74) is 0.994. The number of nitrogens with zero attached hydrogens (tertiary/aromatic N) is 1. The minimum Gasteiger partial charge on any atom is -0.497 e. The van der Waals surface area contributed by atoms with E-state index < -0.39 is 0 Å². The fourth-order valence-corrected chi connectivity index (χ4v) is 1.22. The average molecular weight is 239 g/mol. The Morgan fingerprint density at radius 2 is 1.88 bits per heavy atom. The van der Waals surface area contributed by atoms with Gasteiger partial charge in [0.2, 0.25) is 0 Å². The Morgan fingerprint density at radius 1 is 1.29 bits per heavy atom. The lowest BCUT2D eigenvalue weighted by Gasteiger charge is -2.24. The third kappa shape index (κ3) is 9.85. The highest BCUT2D eigenvalue weighted by atomic mass is 16.5. The summed E-state index contributed by atoms with van der Waals surface area (Å²) in [7, 11) is 1.59. The molecular weight excluding hydrogens is 214 g/mol. The van der Waals surface area contributed by atoms with Gasteiger partial charge in [0.1, 0.15) is 5.76 Å². The molecule has 1 aliphatic rings. The first-order valence-corrected chi connectivity index (χ1v) is 5.96. The van der Waals surface area contributed by atoms with Crippen LogP contribution >= 0.6 is 0 Å². The number of ether oxygens (including phenoxy) is 2. The first-order chi connectivity index (χ1) is 8.10. The number of rotatable bonds is 4. The van der Waals surface area contributed by atoms with Crippen molar-refractivity contribution >= 4 is 0 Å². The van der Waals surface area contributed by atoms with Crippen LogP contribution < -0.4 is 0 Å². The van der Waals surface area contributed by atoms with E-state index in [9.17, 15) is 0 Å². The van der Waals surface area contributed by atoms with E-state index in [0.29, 0.717) is 5.76 Å². The van der Waals surface area contributed by atoms with Crippen LogP contribution in [0.2, 0.25) is 0 Å². The molecule has 0 aromatic carbocycles. The molecule has 1 heterocycles. The van der Waals surface area contributed by atoms with Crippen molar-refractivity contribution in [2.24, 2.45) is 0 Å². The van der Waals surface area contributed by atoms with E-state index >= 15 is 0 Å². The summed E-state index contributed by atoms with van der Waals surface area (Å²) >= 11 is 0. The van der Waals surface area contributed by atoms with E-state index in [-0.39, 0.29) is 0 Å². The van der Waals surface area contributed by atoms with Crippen molar-refractivity contribution in [3.8, 4) is 0 Å². The molecule has 0 bridgehead atoms. The molecule has 0 radical (unpaired) electrons. The van der Waals surface area contributed by atoms with E-state index in [0.717, 1.165) is 31.9 Å². The molecule has 17 heavy (non-hydrogen) atoms. The van der Waals surface area contributed by atoms with E-state index in [2.05, 4.69) is 25.0 Å². The smallest absolute Gasteiger partial charge is 0.111 e. The van der Waals surface area contributed by atoms with E-state index in [4.69, 9.17) is 9.47 Å². The van der Waals surface area contributed by atoms with Gasteiger partial charge in [-0.3, -0.25) is 4.90 Å². The van der Waals surface area contributed by atoms with Crippen molar-refractivity contribution in [1.29, 1.82) is 0 Å². The monoisotopic (exact) mass is 239 g/mol. The predicted molar refractivity (Wildman–Crippen MR) is 73.0 cm³/mol. The summed E-state index contributed by atoms with van der Waals surface area (Å²) < 4.78 is 9.94. The molecule has 0 aliphatic carbocycles. The Hall–Kier alpha value is -1.06. The molecular formula is C14H25NO2. The van der Waals surface area contributed by atoms with Crippen molar-refractivity contribution in [2.45, 2.75) is 13.8 Å². The molecule has 0 spiro atoms. The number of likely N-dealkylation sites (N-methyl/N-ethyl adjacent to an activating group) is 1. The highest BCUT2D eigenvalue weighted by Gasteiger charge is 2.05. The van der Waals surface area contributed by atoms with Crippen LogP contribution in [0.1, 0.15) is 13.8 Å². The first-order valence-electron chi connectivity index (χ1n) is 5.96. The van der Waals surface area contributed by atoms with Gasteiger partial charge in [-0.1, -0.05) is 31.7 Å². The van der Waals surface area contributed by atoms with Crippen LogP contribution in [0.15, 0.2) is 36.6 Å². The maximum atomic E-state index is 5.16. The number of morpholine rings is 1. The quantitative estimate of drug-likeness (QED) is 0.556. The van der Waals surface area contributed by atoms with Crippen molar-refractivity contribution in [3.05, 3.63) is 36.6 Å². The highest BCUT2D eigenvalue weighted by molar-refractivity contribution is 5.18. The number of methoxy groups -OCH3 is 1. The third-order valence-electron chi connectivity index (χ3n) is 2.37. The van der Waals surface area contributed by atoms with Crippen LogP contribution in [0.3, 0.4) is 0 Å². The second-order valence-corrected chi connectivity index (χ2v) is 3.90. The zero-order chi connectivity index (χ0) is 13.1. The largest absolute Gasteiger partial charge is 0.497 e. The fourth-order valence-electron chi connectivity index (χ4n) is 1.22. The van der Waals surface area contributed by atoms with Gasteiger partial charge in [-0.25, -0.2) is 0 Å². The standard InChI is InChI=1S/C8H12O.C6H13NO/c1-7(2)5-6-8(3)9-4;1-2-7-3-5-8-6-4-7/h5-6H,1,3H2,2,4H3;2-6H2,1H3/b6-5-;. The van der Waals surface area contributed by atoms with Gasteiger partial charge in [-0.2, -0.15) is 0 Å². The van der Waals surface area contributed by atoms with Crippen LogP contribution in [0.4, 0.5) is 0 Å². The summed E-state index contributed by atoms with van der Waals surface area (Å²) in [6.45, 7) is 16.6. The molecule has 1 rings (SSSR count). The van der Waals surface area contributed by atoms with Crippen molar-refractivity contribution in [1.82, 2.24) is 4.90 Å². The molecule has 0 saturated carbocycles. The maximum Gasteiger partial charge on any atom is 0.111 e. The Labute approximate surface area is 105 Å². The lowest BCUT2D eigenvalue weighted by molar-refractivity contribution is 0.0405. The van der Waals surface area contributed by atoms with E-state index in [1.807, 2.05) is 13.0 Å². The van der Waals surface area contributed by atoms with Crippen molar-refractivity contribution < 1.29 is 9.47 Å². The highest BCUT2D eigenvalue weighted by Crippen LogP contribution is 1.96. The number of hydrogen-bond acceptors (Lipinski definition) is 3. The van der Waals surface area contributed by atoms with Gasteiger partial charge in [0.25, 0.3) is 0 Å². The minimum absolute atomic E-state index is 0.651. The lowest BCUT2D eigenvalue weighted by Crippen LogP contribution is -2.35. The molecule has 0 aromatic rings. The normalized spacial score (nSPS) is 16.2. The van der Waals surface area contributed by atoms with Gasteiger partial charge >= 0.3 is 0 Å². The SMILES string of the molecule is C=C(C)/C=C\C(=C)OC.CCN1CCOCC1. The average Bonchev–Trinajstić information content (AvgIpc) is 2.37. The van der Waals surface area contributed by atoms with Gasteiger partial charge in [-0.15, -0.1) is 0 Å². The zero-order valence-corrected chi connectivity index (χ0v) is 11.4. The summed E-state index contributed by atoms with van der Waals surface area (Å²) in [6, 6.07) is 0. The molecule has 0 aromatic heterocycles. The first kappa shape index (κ1) is 15.9. The predicted octanol–water partition coefficient (Wildman–Crippen LogP) is 2.62. The summed E-state index contributed by atoms with van der Waals surface area (Å²) in [5, 5.41) is 0. The Balaban J connectivity index is 0.000000302. The topological polar surface area (TPSA) is 21.7 Å². The van der Waals surface area contributed by atoms with Gasteiger partial charge in [-0.05, 0) is 19.5 Å².